The summed E-state index contributed by atoms with van der Waals surface area (Å²) in [5.74, 6) is 0.798. The van der Waals surface area contributed by atoms with Crippen molar-refractivity contribution in [3.05, 3.63) is 47.5 Å². The zero-order chi connectivity index (χ0) is 16.4. The van der Waals surface area contributed by atoms with Gasteiger partial charge in [-0.05, 0) is 24.5 Å². The quantitative estimate of drug-likeness (QED) is 0.891. The maximum atomic E-state index is 12.6. The minimum atomic E-state index is -0.466. The van der Waals surface area contributed by atoms with Crippen LogP contribution in [-0.2, 0) is 23.2 Å². The fourth-order valence-electron chi connectivity index (χ4n) is 3.60. The lowest BCUT2D eigenvalue weighted by Crippen LogP contribution is -2.50. The van der Waals surface area contributed by atoms with E-state index in [9.17, 15) is 4.79 Å². The maximum Gasteiger partial charge on any atom is 0.241 e. The molecule has 1 atom stereocenters. The molecule has 1 aliphatic heterocycles. The molecule has 23 heavy (non-hydrogen) atoms. The number of aromatic nitrogens is 2. The molecule has 0 bridgehead atoms. The first kappa shape index (κ1) is 15.7. The number of carbonyl (C=O) groups is 1. The van der Waals surface area contributed by atoms with Crippen molar-refractivity contribution in [3.63, 3.8) is 0 Å². The predicted molar refractivity (Wildman–Crippen MR) is 91.2 cm³/mol. The van der Waals surface area contributed by atoms with Crippen molar-refractivity contribution in [1.82, 2.24) is 9.97 Å². The SMILES string of the molecule is CCCc1cnc(C2(CC)Cc3ccccc3N2C(=O)CN)[nH]1. The Labute approximate surface area is 136 Å². The van der Waals surface area contributed by atoms with Gasteiger partial charge in [-0.1, -0.05) is 38.5 Å². The molecule has 0 fully saturated rings. The monoisotopic (exact) mass is 312 g/mol. The number of aryl methyl sites for hydroxylation is 1. The molecule has 5 heteroatoms. The molecule has 0 radical (unpaired) electrons. The predicted octanol–water partition coefficient (Wildman–Crippen LogP) is 2.52. The lowest BCUT2D eigenvalue weighted by atomic mass is 9.90. The molecule has 3 N–H and O–H groups in total. The number of carbonyl (C=O) groups excluding carboxylic acids is 1. The highest BCUT2D eigenvalue weighted by molar-refractivity contribution is 5.98. The molecule has 1 unspecified atom stereocenters. The third-order valence-corrected chi connectivity index (χ3v) is 4.74. The number of hydrogen-bond donors (Lipinski definition) is 2. The zero-order valence-electron chi connectivity index (χ0n) is 13.8. The number of hydrogen-bond acceptors (Lipinski definition) is 3. The fourth-order valence-corrected chi connectivity index (χ4v) is 3.60. The Kier molecular flexibility index (Phi) is 4.22. The lowest BCUT2D eigenvalue weighted by molar-refractivity contribution is -0.118. The van der Waals surface area contributed by atoms with Crippen molar-refractivity contribution < 1.29 is 4.79 Å². The molecule has 122 valence electrons. The van der Waals surface area contributed by atoms with E-state index in [1.54, 1.807) is 0 Å². The summed E-state index contributed by atoms with van der Waals surface area (Å²) in [6.45, 7) is 4.25. The van der Waals surface area contributed by atoms with Gasteiger partial charge in [-0.25, -0.2) is 4.98 Å². The van der Waals surface area contributed by atoms with Gasteiger partial charge < -0.3 is 10.7 Å². The Morgan fingerprint density at radius 1 is 1.39 bits per heavy atom. The van der Waals surface area contributed by atoms with Gasteiger partial charge in [0.25, 0.3) is 0 Å². The van der Waals surface area contributed by atoms with Crippen molar-refractivity contribution in [2.75, 3.05) is 11.4 Å². The molecule has 1 aliphatic rings. The van der Waals surface area contributed by atoms with Crippen LogP contribution in [0.25, 0.3) is 0 Å². The van der Waals surface area contributed by atoms with Gasteiger partial charge in [0.1, 0.15) is 11.4 Å². The number of imidazole rings is 1. The molecule has 2 aromatic rings. The Morgan fingerprint density at radius 3 is 2.87 bits per heavy atom. The van der Waals surface area contributed by atoms with E-state index in [1.807, 2.05) is 29.3 Å². The Bertz CT molecular complexity index is 709. The number of aromatic amines is 1. The van der Waals surface area contributed by atoms with Gasteiger partial charge in [-0.15, -0.1) is 0 Å². The number of benzene rings is 1. The van der Waals surface area contributed by atoms with E-state index in [2.05, 4.69) is 29.9 Å². The summed E-state index contributed by atoms with van der Waals surface area (Å²) in [6.07, 6.45) is 5.47. The second kappa shape index (κ2) is 6.16. The largest absolute Gasteiger partial charge is 0.344 e. The van der Waals surface area contributed by atoms with E-state index in [1.165, 1.54) is 5.56 Å². The molecular weight excluding hydrogens is 288 g/mol. The smallest absolute Gasteiger partial charge is 0.241 e. The van der Waals surface area contributed by atoms with Crippen molar-refractivity contribution in [1.29, 1.82) is 0 Å². The van der Waals surface area contributed by atoms with E-state index < -0.39 is 5.54 Å². The lowest BCUT2D eigenvalue weighted by Gasteiger charge is -2.36. The molecule has 3 rings (SSSR count). The molecule has 2 heterocycles. The minimum Gasteiger partial charge on any atom is -0.344 e. The molecule has 1 aromatic heterocycles. The van der Waals surface area contributed by atoms with E-state index in [0.717, 1.165) is 42.9 Å². The van der Waals surface area contributed by atoms with Crippen LogP contribution < -0.4 is 10.6 Å². The van der Waals surface area contributed by atoms with Gasteiger partial charge in [0.05, 0.1) is 6.54 Å². The third-order valence-electron chi connectivity index (χ3n) is 4.74. The average molecular weight is 312 g/mol. The van der Waals surface area contributed by atoms with Crippen molar-refractivity contribution >= 4 is 11.6 Å². The Balaban J connectivity index is 2.10. The van der Waals surface area contributed by atoms with Gasteiger partial charge in [0, 0.05) is 24.0 Å². The number of nitrogens with zero attached hydrogens (tertiary/aromatic N) is 2. The van der Waals surface area contributed by atoms with Crippen LogP contribution in [-0.4, -0.2) is 22.4 Å². The second-order valence-electron chi connectivity index (χ2n) is 6.13. The number of nitrogens with two attached hydrogens (primary N) is 1. The van der Waals surface area contributed by atoms with Crippen LogP contribution in [0.4, 0.5) is 5.69 Å². The Morgan fingerprint density at radius 2 is 2.17 bits per heavy atom. The van der Waals surface area contributed by atoms with Crippen molar-refractivity contribution in [2.45, 2.75) is 45.1 Å². The van der Waals surface area contributed by atoms with E-state index in [-0.39, 0.29) is 12.5 Å². The summed E-state index contributed by atoms with van der Waals surface area (Å²) in [4.78, 5) is 22.5. The minimum absolute atomic E-state index is 0.00138. The first-order chi connectivity index (χ1) is 11.2. The number of anilines is 1. The molecule has 1 aromatic carbocycles. The molecule has 5 nitrogen and oxygen atoms in total. The van der Waals surface area contributed by atoms with Crippen LogP contribution in [0, 0.1) is 0 Å². The van der Waals surface area contributed by atoms with Crippen LogP contribution in [0.5, 0.6) is 0 Å². The summed E-state index contributed by atoms with van der Waals surface area (Å²) in [5.41, 5.74) is 8.47. The standard InChI is InChI=1S/C18H24N4O/c1-3-7-14-12-20-17(21-14)18(4-2)10-13-8-5-6-9-15(13)22(18)16(23)11-19/h5-6,8-9,12H,3-4,7,10-11,19H2,1-2H3,(H,20,21). The molecule has 0 aliphatic carbocycles. The number of para-hydroxylation sites is 1. The number of nitrogens with one attached hydrogen (secondary N) is 1. The highest BCUT2D eigenvalue weighted by Crippen LogP contribution is 2.46. The molecule has 1 amide bonds. The first-order valence-corrected chi connectivity index (χ1v) is 8.31. The molecular formula is C18H24N4O. The highest BCUT2D eigenvalue weighted by Gasteiger charge is 2.48. The third kappa shape index (κ3) is 2.45. The van der Waals surface area contributed by atoms with Gasteiger partial charge >= 0.3 is 0 Å². The van der Waals surface area contributed by atoms with Crippen molar-refractivity contribution in [3.8, 4) is 0 Å². The van der Waals surface area contributed by atoms with Crippen LogP contribution in [0.15, 0.2) is 30.5 Å². The normalized spacial score (nSPS) is 19.9. The van der Waals surface area contributed by atoms with Crippen molar-refractivity contribution in [2.24, 2.45) is 5.73 Å². The van der Waals surface area contributed by atoms with Gasteiger partial charge in [0.15, 0.2) is 0 Å². The Hall–Kier alpha value is -2.14. The zero-order valence-corrected chi connectivity index (χ0v) is 13.8. The molecule has 0 spiro atoms. The molecule has 0 saturated heterocycles. The van der Waals surface area contributed by atoms with Gasteiger partial charge in [0.2, 0.25) is 5.91 Å². The average Bonchev–Trinajstić information content (AvgIpc) is 3.17. The van der Waals surface area contributed by atoms with Crippen LogP contribution in [0.2, 0.25) is 0 Å². The van der Waals surface area contributed by atoms with E-state index >= 15 is 0 Å². The van der Waals surface area contributed by atoms with Gasteiger partial charge in [-0.2, -0.15) is 0 Å². The number of amides is 1. The molecule has 0 saturated carbocycles. The first-order valence-electron chi connectivity index (χ1n) is 8.31. The van der Waals surface area contributed by atoms with E-state index in [4.69, 9.17) is 5.73 Å². The topological polar surface area (TPSA) is 75.0 Å². The summed E-state index contributed by atoms with van der Waals surface area (Å²) >= 11 is 0. The highest BCUT2D eigenvalue weighted by atomic mass is 16.2. The van der Waals surface area contributed by atoms with E-state index in [0.29, 0.717) is 0 Å². The summed E-state index contributed by atoms with van der Waals surface area (Å²) in [5, 5.41) is 0. The summed E-state index contributed by atoms with van der Waals surface area (Å²) < 4.78 is 0. The fraction of sp³-hybridized carbons (Fsp3) is 0.444. The van der Waals surface area contributed by atoms with Crippen LogP contribution in [0.1, 0.15) is 43.8 Å². The number of rotatable bonds is 5. The number of fused-ring (bicyclic) bond motifs is 1. The summed E-state index contributed by atoms with van der Waals surface area (Å²) in [7, 11) is 0. The number of H-pyrrole nitrogens is 1. The van der Waals surface area contributed by atoms with Crippen LogP contribution in [0.3, 0.4) is 0 Å². The summed E-state index contributed by atoms with van der Waals surface area (Å²) in [6, 6.07) is 8.06. The second-order valence-corrected chi connectivity index (χ2v) is 6.13. The maximum absolute atomic E-state index is 12.6. The van der Waals surface area contributed by atoms with Gasteiger partial charge in [-0.3, -0.25) is 9.69 Å². The van der Waals surface area contributed by atoms with Crippen LogP contribution >= 0.6 is 0 Å².